The van der Waals surface area contributed by atoms with E-state index in [1.165, 1.54) is 6.07 Å². The van der Waals surface area contributed by atoms with E-state index in [2.05, 4.69) is 4.72 Å². The first kappa shape index (κ1) is 14.7. The van der Waals surface area contributed by atoms with Gasteiger partial charge in [-0.1, -0.05) is 6.07 Å². The van der Waals surface area contributed by atoms with Crippen LogP contribution in [0.3, 0.4) is 0 Å². The number of aryl methyl sites for hydroxylation is 2. The van der Waals surface area contributed by atoms with Crippen LogP contribution in [0.25, 0.3) is 0 Å². The Morgan fingerprint density at radius 1 is 1.28 bits per heavy atom. The number of carbonyl (C=O) groups is 1. The lowest BCUT2D eigenvalue weighted by atomic mass is 10.1. The zero-order valence-electron chi connectivity index (χ0n) is 10.4. The fraction of sp³-hybridized carbons (Fsp3) is 0.417. The SMILES string of the molecule is Cc1ccc(S(=O)(=O)NCCCC(=O)[O-])cc1C. The van der Waals surface area contributed by atoms with Crippen LogP contribution in [0.1, 0.15) is 24.0 Å². The largest absolute Gasteiger partial charge is 0.550 e. The summed E-state index contributed by atoms with van der Waals surface area (Å²) in [4.78, 5) is 10.4. The van der Waals surface area contributed by atoms with Crippen molar-refractivity contribution in [3.8, 4) is 0 Å². The third-order valence-corrected chi connectivity index (χ3v) is 4.10. The third kappa shape index (κ3) is 4.12. The zero-order valence-corrected chi connectivity index (χ0v) is 11.2. The number of carboxylic acid groups (broad SMARTS) is 1. The van der Waals surface area contributed by atoms with Gasteiger partial charge in [0.2, 0.25) is 10.0 Å². The molecule has 0 saturated heterocycles. The van der Waals surface area contributed by atoms with Gasteiger partial charge in [-0.2, -0.15) is 0 Å². The van der Waals surface area contributed by atoms with E-state index in [1.807, 2.05) is 13.8 Å². The fourth-order valence-corrected chi connectivity index (χ4v) is 2.56. The van der Waals surface area contributed by atoms with Gasteiger partial charge in [-0.15, -0.1) is 0 Å². The number of carbonyl (C=O) groups excluding carboxylic acids is 1. The van der Waals surface area contributed by atoms with E-state index in [9.17, 15) is 18.3 Å². The quantitative estimate of drug-likeness (QED) is 0.743. The van der Waals surface area contributed by atoms with Gasteiger partial charge in [-0.3, -0.25) is 0 Å². The second-order valence-electron chi connectivity index (χ2n) is 4.12. The average Bonchev–Trinajstić information content (AvgIpc) is 2.28. The van der Waals surface area contributed by atoms with Crippen molar-refractivity contribution in [1.29, 1.82) is 0 Å². The van der Waals surface area contributed by atoms with Gasteiger partial charge >= 0.3 is 0 Å². The van der Waals surface area contributed by atoms with Gasteiger partial charge in [0.15, 0.2) is 0 Å². The van der Waals surface area contributed by atoms with Crippen molar-refractivity contribution in [2.24, 2.45) is 0 Å². The summed E-state index contributed by atoms with van der Waals surface area (Å²) < 4.78 is 26.1. The normalized spacial score (nSPS) is 11.4. The van der Waals surface area contributed by atoms with Crippen LogP contribution < -0.4 is 9.83 Å². The van der Waals surface area contributed by atoms with Crippen molar-refractivity contribution >= 4 is 16.0 Å². The van der Waals surface area contributed by atoms with E-state index in [0.717, 1.165) is 11.1 Å². The van der Waals surface area contributed by atoms with E-state index < -0.39 is 16.0 Å². The molecule has 18 heavy (non-hydrogen) atoms. The molecule has 0 aromatic heterocycles. The van der Waals surface area contributed by atoms with Crippen LogP contribution in [0.2, 0.25) is 0 Å². The summed E-state index contributed by atoms with van der Waals surface area (Å²) in [6, 6.07) is 4.87. The van der Waals surface area contributed by atoms with Crippen LogP contribution in [0.15, 0.2) is 23.1 Å². The van der Waals surface area contributed by atoms with Gasteiger partial charge in [0, 0.05) is 12.5 Å². The van der Waals surface area contributed by atoms with Gasteiger partial charge in [0.25, 0.3) is 0 Å². The molecule has 100 valence electrons. The highest BCUT2D eigenvalue weighted by molar-refractivity contribution is 7.89. The minimum atomic E-state index is -3.56. The van der Waals surface area contributed by atoms with Crippen molar-refractivity contribution in [3.63, 3.8) is 0 Å². The second kappa shape index (κ2) is 5.97. The molecule has 0 radical (unpaired) electrons. The molecule has 0 heterocycles. The van der Waals surface area contributed by atoms with Crippen LogP contribution in [-0.4, -0.2) is 20.9 Å². The van der Waals surface area contributed by atoms with E-state index in [0.29, 0.717) is 0 Å². The molecule has 0 aliphatic heterocycles. The Bertz CT molecular complexity index is 537. The summed E-state index contributed by atoms with van der Waals surface area (Å²) in [5.41, 5.74) is 1.92. The molecule has 1 aromatic carbocycles. The maximum absolute atomic E-state index is 11.9. The smallest absolute Gasteiger partial charge is 0.240 e. The first-order valence-corrected chi connectivity index (χ1v) is 7.08. The highest BCUT2D eigenvalue weighted by Gasteiger charge is 2.13. The summed E-state index contributed by atoms with van der Waals surface area (Å²) in [5.74, 6) is -1.18. The monoisotopic (exact) mass is 270 g/mol. The lowest BCUT2D eigenvalue weighted by Gasteiger charge is -2.08. The number of sulfonamides is 1. The van der Waals surface area contributed by atoms with Crippen molar-refractivity contribution < 1.29 is 18.3 Å². The van der Waals surface area contributed by atoms with Gasteiger partial charge in [-0.25, -0.2) is 13.1 Å². The van der Waals surface area contributed by atoms with E-state index >= 15 is 0 Å². The summed E-state index contributed by atoms with van der Waals surface area (Å²) in [7, 11) is -3.56. The Labute approximate surface area is 107 Å². The Morgan fingerprint density at radius 2 is 1.94 bits per heavy atom. The van der Waals surface area contributed by atoms with E-state index in [1.54, 1.807) is 12.1 Å². The number of hydrogen-bond donors (Lipinski definition) is 1. The number of benzene rings is 1. The van der Waals surface area contributed by atoms with Crippen LogP contribution in [0, 0.1) is 13.8 Å². The summed E-state index contributed by atoms with van der Waals surface area (Å²) >= 11 is 0. The minimum Gasteiger partial charge on any atom is -0.550 e. The Morgan fingerprint density at radius 3 is 2.50 bits per heavy atom. The zero-order chi connectivity index (χ0) is 13.8. The molecular weight excluding hydrogens is 254 g/mol. The predicted octanol–water partition coefficient (Wildman–Crippen LogP) is 0.112. The Balaban J connectivity index is 2.68. The molecule has 0 aliphatic carbocycles. The van der Waals surface area contributed by atoms with Crippen molar-refractivity contribution in [3.05, 3.63) is 29.3 Å². The highest BCUT2D eigenvalue weighted by atomic mass is 32.2. The van der Waals surface area contributed by atoms with Crippen molar-refractivity contribution in [2.75, 3.05) is 6.54 Å². The molecule has 0 unspecified atom stereocenters. The molecule has 0 saturated carbocycles. The van der Waals surface area contributed by atoms with Crippen LogP contribution in [0.4, 0.5) is 0 Å². The number of aliphatic carboxylic acids is 1. The topological polar surface area (TPSA) is 86.3 Å². The lowest BCUT2D eigenvalue weighted by Crippen LogP contribution is -2.27. The molecule has 1 aromatic rings. The van der Waals surface area contributed by atoms with Crippen LogP contribution in [-0.2, 0) is 14.8 Å². The Hall–Kier alpha value is -1.40. The van der Waals surface area contributed by atoms with Crippen LogP contribution in [0.5, 0.6) is 0 Å². The van der Waals surface area contributed by atoms with Gasteiger partial charge < -0.3 is 9.90 Å². The van der Waals surface area contributed by atoms with Crippen molar-refractivity contribution in [2.45, 2.75) is 31.6 Å². The maximum atomic E-state index is 11.9. The molecule has 0 atom stereocenters. The Kier molecular flexibility index (Phi) is 4.86. The number of nitrogens with one attached hydrogen (secondary N) is 1. The number of hydrogen-bond acceptors (Lipinski definition) is 4. The second-order valence-corrected chi connectivity index (χ2v) is 5.89. The molecular formula is C12H16NO4S-. The van der Waals surface area contributed by atoms with E-state index in [4.69, 9.17) is 0 Å². The molecule has 0 amide bonds. The molecule has 0 spiro atoms. The third-order valence-electron chi connectivity index (χ3n) is 2.64. The van der Waals surface area contributed by atoms with Gasteiger partial charge in [-0.05, 0) is 49.9 Å². The number of rotatable bonds is 6. The molecule has 0 aliphatic rings. The summed E-state index contributed by atoms with van der Waals surface area (Å²) in [6.45, 7) is 3.83. The minimum absolute atomic E-state index is 0.0865. The van der Waals surface area contributed by atoms with E-state index in [-0.39, 0.29) is 24.3 Å². The molecule has 0 fully saturated rings. The fourth-order valence-electron chi connectivity index (χ4n) is 1.40. The first-order valence-electron chi connectivity index (χ1n) is 5.59. The lowest BCUT2D eigenvalue weighted by molar-refractivity contribution is -0.305. The average molecular weight is 270 g/mol. The summed E-state index contributed by atoms with van der Waals surface area (Å²) in [5, 5.41) is 10.2. The van der Waals surface area contributed by atoms with Crippen molar-refractivity contribution in [1.82, 2.24) is 4.72 Å². The highest BCUT2D eigenvalue weighted by Crippen LogP contribution is 2.14. The molecule has 1 N–H and O–H groups in total. The predicted molar refractivity (Wildman–Crippen MR) is 65.3 cm³/mol. The maximum Gasteiger partial charge on any atom is 0.240 e. The standard InChI is InChI=1S/C12H17NO4S/c1-9-5-6-11(8-10(9)2)18(16,17)13-7-3-4-12(14)15/h5-6,8,13H,3-4,7H2,1-2H3,(H,14,15)/p-1. The molecule has 1 rings (SSSR count). The number of carboxylic acids is 1. The van der Waals surface area contributed by atoms with Gasteiger partial charge in [0.05, 0.1) is 4.90 Å². The summed E-state index contributed by atoms with van der Waals surface area (Å²) in [6.07, 6.45) is 0.0574. The molecule has 5 nitrogen and oxygen atoms in total. The van der Waals surface area contributed by atoms with Gasteiger partial charge in [0.1, 0.15) is 0 Å². The molecule has 0 bridgehead atoms. The van der Waals surface area contributed by atoms with Crippen LogP contribution >= 0.6 is 0 Å². The first-order chi connectivity index (χ1) is 8.33. The molecule has 6 heteroatoms.